The molecule has 0 saturated carbocycles. The van der Waals surface area contributed by atoms with Gasteiger partial charge in [-0.2, -0.15) is 0 Å². The molecule has 0 saturated heterocycles. The Kier molecular flexibility index (Phi) is 4.57. The smallest absolute Gasteiger partial charge is 0.255 e. The first-order chi connectivity index (χ1) is 9.58. The van der Waals surface area contributed by atoms with E-state index in [1.807, 2.05) is 6.92 Å². The molecule has 0 bridgehead atoms. The summed E-state index contributed by atoms with van der Waals surface area (Å²) in [6.07, 6.45) is 1.55. The van der Waals surface area contributed by atoms with Crippen LogP contribution in [-0.4, -0.2) is 17.5 Å². The number of anilines is 2. The molecular weight excluding hydrogens is 322 g/mol. The van der Waals surface area contributed by atoms with Crippen LogP contribution in [0.2, 0.25) is 0 Å². The van der Waals surface area contributed by atoms with Crippen molar-refractivity contribution in [1.82, 2.24) is 4.98 Å². The number of benzene rings is 1. The second kappa shape index (κ2) is 6.38. The molecule has 0 aliphatic heterocycles. The van der Waals surface area contributed by atoms with Crippen LogP contribution in [0.1, 0.15) is 17.3 Å². The molecule has 0 unspecified atom stereocenters. The lowest BCUT2D eigenvalue weighted by molar-refractivity contribution is 0.102. The maximum atomic E-state index is 12.1. The van der Waals surface area contributed by atoms with Gasteiger partial charge in [-0.1, -0.05) is 15.9 Å². The number of nitrogens with one attached hydrogen (secondary N) is 1. The van der Waals surface area contributed by atoms with E-state index in [1.54, 1.807) is 36.5 Å². The summed E-state index contributed by atoms with van der Waals surface area (Å²) in [5, 5.41) is 2.75. The molecular formula is C14H14BrN3O2. The summed E-state index contributed by atoms with van der Waals surface area (Å²) in [5.41, 5.74) is 7.30. The lowest BCUT2D eigenvalue weighted by Crippen LogP contribution is -2.12. The largest absolute Gasteiger partial charge is 0.478 e. The third-order valence-corrected chi connectivity index (χ3v) is 2.93. The van der Waals surface area contributed by atoms with E-state index in [-0.39, 0.29) is 5.91 Å². The Morgan fingerprint density at radius 3 is 2.80 bits per heavy atom. The van der Waals surface area contributed by atoms with Gasteiger partial charge in [-0.3, -0.25) is 4.79 Å². The van der Waals surface area contributed by atoms with Crippen molar-refractivity contribution in [1.29, 1.82) is 0 Å². The molecule has 5 nitrogen and oxygen atoms in total. The van der Waals surface area contributed by atoms with E-state index in [2.05, 4.69) is 26.2 Å². The van der Waals surface area contributed by atoms with Gasteiger partial charge in [0.15, 0.2) is 0 Å². The van der Waals surface area contributed by atoms with Crippen LogP contribution in [0.25, 0.3) is 0 Å². The van der Waals surface area contributed by atoms with Crippen LogP contribution in [0, 0.1) is 0 Å². The minimum absolute atomic E-state index is 0.246. The van der Waals surface area contributed by atoms with Crippen molar-refractivity contribution in [2.45, 2.75) is 6.92 Å². The number of hydrogen-bond acceptors (Lipinski definition) is 4. The van der Waals surface area contributed by atoms with Crippen molar-refractivity contribution in [3.05, 3.63) is 46.6 Å². The number of aromatic nitrogens is 1. The molecule has 0 radical (unpaired) electrons. The molecule has 1 aromatic heterocycles. The average molecular weight is 336 g/mol. The summed E-state index contributed by atoms with van der Waals surface area (Å²) >= 11 is 3.30. The minimum Gasteiger partial charge on any atom is -0.478 e. The number of nitrogens with zero attached hydrogens (tertiary/aromatic N) is 1. The first-order valence-electron chi connectivity index (χ1n) is 6.04. The minimum atomic E-state index is -0.246. The summed E-state index contributed by atoms with van der Waals surface area (Å²) in [6, 6.07) is 8.48. The number of nitrogen functional groups attached to an aromatic ring is 1. The van der Waals surface area contributed by atoms with Gasteiger partial charge in [-0.05, 0) is 31.2 Å². The highest BCUT2D eigenvalue weighted by atomic mass is 79.9. The van der Waals surface area contributed by atoms with E-state index in [9.17, 15) is 4.79 Å². The molecule has 1 heterocycles. The molecule has 0 aliphatic rings. The van der Waals surface area contributed by atoms with Crippen molar-refractivity contribution in [3.63, 3.8) is 0 Å². The molecule has 2 rings (SSSR count). The van der Waals surface area contributed by atoms with Crippen LogP contribution in [0.5, 0.6) is 5.88 Å². The number of pyridine rings is 1. The van der Waals surface area contributed by atoms with Gasteiger partial charge in [-0.25, -0.2) is 4.98 Å². The summed E-state index contributed by atoms with van der Waals surface area (Å²) in [6.45, 7) is 2.44. The number of amides is 1. The van der Waals surface area contributed by atoms with Gasteiger partial charge in [0.25, 0.3) is 5.91 Å². The maximum Gasteiger partial charge on any atom is 0.255 e. The molecule has 20 heavy (non-hydrogen) atoms. The molecule has 104 valence electrons. The lowest BCUT2D eigenvalue weighted by atomic mass is 10.2. The molecule has 0 aliphatic carbocycles. The molecule has 1 amide bonds. The van der Waals surface area contributed by atoms with Gasteiger partial charge in [0, 0.05) is 21.8 Å². The van der Waals surface area contributed by atoms with Crippen molar-refractivity contribution in [3.8, 4) is 5.88 Å². The molecule has 0 fully saturated rings. The Morgan fingerprint density at radius 2 is 2.20 bits per heavy atom. The SMILES string of the molecule is CCOc1ccc(NC(=O)c2cc(N)cc(Br)c2)cn1. The second-order valence-electron chi connectivity index (χ2n) is 4.05. The number of ether oxygens (including phenoxy) is 1. The maximum absolute atomic E-state index is 12.1. The molecule has 2 aromatic rings. The molecule has 6 heteroatoms. The molecule has 1 aromatic carbocycles. The summed E-state index contributed by atoms with van der Waals surface area (Å²) in [5.74, 6) is 0.279. The molecule has 0 atom stereocenters. The Bertz CT molecular complexity index is 594. The van der Waals surface area contributed by atoms with E-state index in [1.165, 1.54) is 0 Å². The van der Waals surface area contributed by atoms with Gasteiger partial charge >= 0.3 is 0 Å². The third-order valence-electron chi connectivity index (χ3n) is 2.47. The zero-order valence-corrected chi connectivity index (χ0v) is 12.5. The first-order valence-corrected chi connectivity index (χ1v) is 6.84. The Labute approximate surface area is 125 Å². The van der Waals surface area contributed by atoms with Crippen molar-refractivity contribution in [2.24, 2.45) is 0 Å². The van der Waals surface area contributed by atoms with E-state index in [0.717, 1.165) is 4.47 Å². The van der Waals surface area contributed by atoms with Crippen molar-refractivity contribution < 1.29 is 9.53 Å². The van der Waals surface area contributed by atoms with E-state index >= 15 is 0 Å². The number of rotatable bonds is 4. The number of hydrogen-bond donors (Lipinski definition) is 2. The first kappa shape index (κ1) is 14.3. The highest BCUT2D eigenvalue weighted by Crippen LogP contribution is 2.19. The van der Waals surface area contributed by atoms with Crippen molar-refractivity contribution >= 4 is 33.2 Å². The van der Waals surface area contributed by atoms with E-state index in [4.69, 9.17) is 10.5 Å². The Hall–Kier alpha value is -2.08. The van der Waals surface area contributed by atoms with Crippen LogP contribution >= 0.6 is 15.9 Å². The topological polar surface area (TPSA) is 77.2 Å². The number of nitrogens with two attached hydrogens (primary N) is 1. The van der Waals surface area contributed by atoms with Gasteiger partial charge in [-0.15, -0.1) is 0 Å². The predicted molar refractivity (Wildman–Crippen MR) is 81.9 cm³/mol. The average Bonchev–Trinajstić information content (AvgIpc) is 2.40. The second-order valence-corrected chi connectivity index (χ2v) is 4.96. The number of carbonyl (C=O) groups is 1. The third kappa shape index (κ3) is 3.71. The monoisotopic (exact) mass is 335 g/mol. The fourth-order valence-electron chi connectivity index (χ4n) is 1.63. The Morgan fingerprint density at radius 1 is 1.40 bits per heavy atom. The number of carbonyl (C=O) groups excluding carboxylic acids is 1. The fourth-order valence-corrected chi connectivity index (χ4v) is 2.15. The Balaban J connectivity index is 2.10. The fraction of sp³-hybridized carbons (Fsp3) is 0.143. The number of halogens is 1. The van der Waals surface area contributed by atoms with Crippen LogP contribution < -0.4 is 15.8 Å². The summed E-state index contributed by atoms with van der Waals surface area (Å²) in [4.78, 5) is 16.2. The van der Waals surface area contributed by atoms with Crippen LogP contribution in [0.15, 0.2) is 41.0 Å². The van der Waals surface area contributed by atoms with Gasteiger partial charge in [0.05, 0.1) is 18.5 Å². The van der Waals surface area contributed by atoms with Crippen LogP contribution in [0.4, 0.5) is 11.4 Å². The van der Waals surface area contributed by atoms with Crippen LogP contribution in [0.3, 0.4) is 0 Å². The van der Waals surface area contributed by atoms with Gasteiger partial charge in [0.1, 0.15) is 0 Å². The zero-order chi connectivity index (χ0) is 14.5. The lowest BCUT2D eigenvalue weighted by Gasteiger charge is -2.07. The summed E-state index contributed by atoms with van der Waals surface area (Å²) < 4.78 is 5.99. The zero-order valence-electron chi connectivity index (χ0n) is 10.9. The van der Waals surface area contributed by atoms with E-state index < -0.39 is 0 Å². The van der Waals surface area contributed by atoms with E-state index in [0.29, 0.717) is 29.4 Å². The highest BCUT2D eigenvalue weighted by Gasteiger charge is 2.08. The molecule has 3 N–H and O–H groups in total. The standard InChI is InChI=1S/C14H14BrN3O2/c1-2-20-13-4-3-12(8-17-13)18-14(19)9-5-10(15)7-11(16)6-9/h3-8H,2,16H2,1H3,(H,18,19). The highest BCUT2D eigenvalue weighted by molar-refractivity contribution is 9.10. The van der Waals surface area contributed by atoms with Gasteiger partial charge in [0.2, 0.25) is 5.88 Å². The molecule has 0 spiro atoms. The van der Waals surface area contributed by atoms with Crippen LogP contribution in [-0.2, 0) is 0 Å². The summed E-state index contributed by atoms with van der Waals surface area (Å²) in [7, 11) is 0. The predicted octanol–water partition coefficient (Wildman–Crippen LogP) is 3.08. The van der Waals surface area contributed by atoms with Gasteiger partial charge < -0.3 is 15.8 Å². The normalized spacial score (nSPS) is 10.1. The quantitative estimate of drug-likeness (QED) is 0.841. The van der Waals surface area contributed by atoms with Crippen molar-refractivity contribution in [2.75, 3.05) is 17.7 Å².